The fourth-order valence-electron chi connectivity index (χ4n) is 2.73. The van der Waals surface area contributed by atoms with Crippen LogP contribution >= 0.6 is 0 Å². The number of carbonyl (C=O) groups excluding carboxylic acids is 1. The smallest absolute Gasteiger partial charge is 0.225 e. The number of piperazine rings is 1. The van der Waals surface area contributed by atoms with E-state index in [9.17, 15) is 4.79 Å². The summed E-state index contributed by atoms with van der Waals surface area (Å²) in [4.78, 5) is 16.6. The van der Waals surface area contributed by atoms with E-state index in [1.54, 1.807) is 0 Å². The third kappa shape index (κ3) is 3.60. The van der Waals surface area contributed by atoms with Crippen molar-refractivity contribution in [2.24, 2.45) is 5.92 Å². The molecule has 2 rings (SSSR count). The molecule has 0 unspecified atom stereocenters. The van der Waals surface area contributed by atoms with E-state index in [4.69, 9.17) is 4.52 Å². The van der Waals surface area contributed by atoms with E-state index in [0.29, 0.717) is 5.91 Å². The maximum atomic E-state index is 12.3. The minimum Gasteiger partial charge on any atom is -0.360 e. The van der Waals surface area contributed by atoms with Gasteiger partial charge in [-0.2, -0.15) is 0 Å². The maximum Gasteiger partial charge on any atom is 0.225 e. The summed E-state index contributed by atoms with van der Waals surface area (Å²) in [6, 6.07) is 1.97. The zero-order valence-corrected chi connectivity index (χ0v) is 12.8. The Labute approximate surface area is 120 Å². The molecule has 1 aliphatic heterocycles. The van der Waals surface area contributed by atoms with Gasteiger partial charge in [0.1, 0.15) is 0 Å². The first-order chi connectivity index (χ1) is 9.63. The molecule has 2 heterocycles. The zero-order chi connectivity index (χ0) is 14.5. The molecule has 112 valence electrons. The molecular formula is C15H25N3O2. The Hall–Kier alpha value is -1.36. The van der Waals surface area contributed by atoms with Gasteiger partial charge in [0, 0.05) is 38.2 Å². The second kappa shape index (κ2) is 6.88. The third-order valence-corrected chi connectivity index (χ3v) is 4.08. The van der Waals surface area contributed by atoms with Crippen molar-refractivity contribution in [1.82, 2.24) is 15.0 Å². The predicted molar refractivity (Wildman–Crippen MR) is 77.2 cm³/mol. The van der Waals surface area contributed by atoms with E-state index in [2.05, 4.69) is 23.9 Å². The molecule has 5 heteroatoms. The molecule has 0 N–H and O–H groups in total. The topological polar surface area (TPSA) is 49.6 Å². The number of aryl methyl sites for hydroxylation is 1. The molecule has 0 atom stereocenters. The average molecular weight is 279 g/mol. The monoisotopic (exact) mass is 279 g/mol. The van der Waals surface area contributed by atoms with Gasteiger partial charge < -0.3 is 9.42 Å². The Morgan fingerprint density at radius 3 is 2.45 bits per heavy atom. The fourth-order valence-corrected chi connectivity index (χ4v) is 2.73. The number of carbonyl (C=O) groups is 1. The van der Waals surface area contributed by atoms with Crippen molar-refractivity contribution >= 4 is 5.91 Å². The second-order valence-corrected chi connectivity index (χ2v) is 5.55. The first-order valence-corrected chi connectivity index (χ1v) is 7.57. The van der Waals surface area contributed by atoms with Crippen LogP contribution in [0.5, 0.6) is 0 Å². The summed E-state index contributed by atoms with van der Waals surface area (Å²) in [7, 11) is 0. The quantitative estimate of drug-likeness (QED) is 0.828. The summed E-state index contributed by atoms with van der Waals surface area (Å²) in [6.07, 6.45) is 1.87. The fraction of sp³-hybridized carbons (Fsp3) is 0.733. The van der Waals surface area contributed by atoms with Crippen LogP contribution in [0.2, 0.25) is 0 Å². The Morgan fingerprint density at radius 1 is 1.30 bits per heavy atom. The van der Waals surface area contributed by atoms with Gasteiger partial charge in [-0.15, -0.1) is 0 Å². The molecule has 0 aliphatic carbocycles. The van der Waals surface area contributed by atoms with Gasteiger partial charge in [0.05, 0.1) is 12.2 Å². The molecule has 0 saturated carbocycles. The Balaban J connectivity index is 1.81. The van der Waals surface area contributed by atoms with Crippen LogP contribution in [0.15, 0.2) is 10.6 Å². The normalized spacial score (nSPS) is 16.9. The average Bonchev–Trinajstić information content (AvgIpc) is 2.86. The summed E-state index contributed by atoms with van der Waals surface area (Å²) in [5.74, 6) is 1.42. The van der Waals surface area contributed by atoms with Crippen molar-refractivity contribution in [2.75, 3.05) is 26.2 Å². The van der Waals surface area contributed by atoms with Gasteiger partial charge >= 0.3 is 0 Å². The van der Waals surface area contributed by atoms with Crippen LogP contribution in [0.4, 0.5) is 0 Å². The lowest BCUT2D eigenvalue weighted by Crippen LogP contribution is -2.49. The molecule has 1 aliphatic rings. The SMILES string of the molecule is CCC(CC)C(=O)N1CCN(Cc2cc(C)no2)CC1. The van der Waals surface area contributed by atoms with Gasteiger partial charge in [-0.3, -0.25) is 9.69 Å². The van der Waals surface area contributed by atoms with Crippen molar-refractivity contribution in [3.05, 3.63) is 17.5 Å². The van der Waals surface area contributed by atoms with E-state index < -0.39 is 0 Å². The second-order valence-electron chi connectivity index (χ2n) is 5.55. The highest BCUT2D eigenvalue weighted by molar-refractivity contribution is 5.78. The minimum absolute atomic E-state index is 0.193. The number of hydrogen-bond acceptors (Lipinski definition) is 4. The van der Waals surface area contributed by atoms with Crippen molar-refractivity contribution in [3.63, 3.8) is 0 Å². The van der Waals surface area contributed by atoms with Gasteiger partial charge in [-0.05, 0) is 19.8 Å². The highest BCUT2D eigenvalue weighted by atomic mass is 16.5. The van der Waals surface area contributed by atoms with Gasteiger partial charge in [0.25, 0.3) is 0 Å². The molecule has 0 bridgehead atoms. The first-order valence-electron chi connectivity index (χ1n) is 7.57. The van der Waals surface area contributed by atoms with Crippen LogP contribution in [-0.4, -0.2) is 47.0 Å². The van der Waals surface area contributed by atoms with Gasteiger partial charge in [0.2, 0.25) is 5.91 Å². The first kappa shape index (κ1) is 15.0. The highest BCUT2D eigenvalue weighted by Crippen LogP contribution is 2.15. The van der Waals surface area contributed by atoms with E-state index >= 15 is 0 Å². The van der Waals surface area contributed by atoms with E-state index in [-0.39, 0.29) is 5.92 Å². The van der Waals surface area contributed by atoms with Gasteiger partial charge in [0.15, 0.2) is 5.76 Å². The molecule has 1 saturated heterocycles. The summed E-state index contributed by atoms with van der Waals surface area (Å²) in [5.41, 5.74) is 0.919. The number of hydrogen-bond donors (Lipinski definition) is 0. The molecule has 1 aromatic heterocycles. The summed E-state index contributed by atoms with van der Waals surface area (Å²) >= 11 is 0. The molecule has 0 aromatic carbocycles. The number of rotatable bonds is 5. The van der Waals surface area contributed by atoms with E-state index in [0.717, 1.165) is 57.0 Å². The van der Waals surface area contributed by atoms with Crippen molar-refractivity contribution < 1.29 is 9.32 Å². The molecule has 20 heavy (non-hydrogen) atoms. The highest BCUT2D eigenvalue weighted by Gasteiger charge is 2.25. The Morgan fingerprint density at radius 2 is 1.95 bits per heavy atom. The van der Waals surface area contributed by atoms with Crippen LogP contribution < -0.4 is 0 Å². The largest absolute Gasteiger partial charge is 0.360 e. The number of amides is 1. The van der Waals surface area contributed by atoms with E-state index in [1.807, 2.05) is 17.9 Å². The van der Waals surface area contributed by atoms with Gasteiger partial charge in [-0.25, -0.2) is 0 Å². The summed E-state index contributed by atoms with van der Waals surface area (Å²) < 4.78 is 5.24. The summed E-state index contributed by atoms with van der Waals surface area (Å²) in [5, 5.41) is 3.90. The van der Waals surface area contributed by atoms with Crippen LogP contribution in [0.1, 0.15) is 38.1 Å². The van der Waals surface area contributed by atoms with Crippen LogP contribution in [0.3, 0.4) is 0 Å². The molecule has 1 amide bonds. The maximum absolute atomic E-state index is 12.3. The van der Waals surface area contributed by atoms with Crippen molar-refractivity contribution in [3.8, 4) is 0 Å². The predicted octanol–water partition coefficient (Wildman–Crippen LogP) is 2.06. The third-order valence-electron chi connectivity index (χ3n) is 4.08. The van der Waals surface area contributed by atoms with Crippen LogP contribution in [-0.2, 0) is 11.3 Å². The molecule has 5 nitrogen and oxygen atoms in total. The van der Waals surface area contributed by atoms with Gasteiger partial charge in [-0.1, -0.05) is 19.0 Å². The molecule has 1 aromatic rings. The Bertz CT molecular complexity index is 432. The number of nitrogens with zero attached hydrogens (tertiary/aromatic N) is 3. The Kier molecular flexibility index (Phi) is 5.17. The number of aromatic nitrogens is 1. The van der Waals surface area contributed by atoms with E-state index in [1.165, 1.54) is 0 Å². The molecule has 0 radical (unpaired) electrons. The standard InChI is InChI=1S/C15H25N3O2/c1-4-13(5-2)15(19)18-8-6-17(7-9-18)11-14-10-12(3)16-20-14/h10,13H,4-9,11H2,1-3H3. The lowest BCUT2D eigenvalue weighted by atomic mass is 10.0. The minimum atomic E-state index is 0.193. The van der Waals surface area contributed by atoms with Crippen molar-refractivity contribution in [1.29, 1.82) is 0 Å². The lowest BCUT2D eigenvalue weighted by Gasteiger charge is -2.35. The lowest BCUT2D eigenvalue weighted by molar-refractivity contribution is -0.137. The zero-order valence-electron chi connectivity index (χ0n) is 12.8. The molecule has 1 fully saturated rings. The van der Waals surface area contributed by atoms with Crippen LogP contribution in [0.25, 0.3) is 0 Å². The van der Waals surface area contributed by atoms with Crippen molar-refractivity contribution in [2.45, 2.75) is 40.2 Å². The molecular weight excluding hydrogens is 254 g/mol. The summed E-state index contributed by atoms with van der Waals surface area (Å²) in [6.45, 7) is 10.4. The molecule has 0 spiro atoms. The van der Waals surface area contributed by atoms with Crippen LogP contribution in [0, 0.1) is 12.8 Å².